The quantitative estimate of drug-likeness (QED) is 0.258. The van der Waals surface area contributed by atoms with Gasteiger partial charge in [0, 0.05) is 36.9 Å². The van der Waals surface area contributed by atoms with Gasteiger partial charge in [-0.2, -0.15) is 0 Å². The standard InChI is InChI=1S/C10H19O2P.C9H19O2P.2C8H17P.C7H15OP.3C7H15P.3C6H13P.C5H11P/c1-6-8-9(7(2)13(6)5)12-10(3,4)11-8;1-6-8(10-3)9(11-4)7(2)12(6)5;1-8(2)6-4-5-7-9(8)3;1-7-5-4-6-8(2)9(7)3;1-6-4-8-5-7(2)9(6)3;1-7(2)5-4-6-8(7)3;1-6-4-5-7(2)8(6)3;1-7-5-3-4-6-8(7)2;1-6(2)4-5-7(6)3;1-5-4-6(2)7(5)3;1-6-4-3-5-7(6)2;1-5-3-4-6(5)2/h6-9H,1-5H3;6-9H,1-5H3;4-7H2,1-3H3;7-8H,4-6H2,1-3H3;6-7H,4-5H2,1-3H3;4-6H2,1-3H3;6-7H,4-5H2,1-3H3;7H,3-6H2,1-2H3;4-5H2,1-3H3;5-6H,4H2,1-3H3;6H,3-5H2,1-2H3;5H,3-4H2,1-2H3/t6-,7-,8+,9+;6-,7-,8+,9?,12?;;7-,8-;6-,7-;;6-,7-;7-,8?;;5-,6-;6-,7?;5-,6?/m00.00.00.000/s1. The molecule has 17 heteroatoms. The Morgan fingerprint density at radius 2 is 0.612 bits per heavy atom. The molecule has 13 rings (SSSR count). The highest BCUT2D eigenvalue weighted by molar-refractivity contribution is 7.62. The van der Waals surface area contributed by atoms with E-state index in [2.05, 4.69) is 225 Å². The zero-order valence-corrected chi connectivity index (χ0v) is 86.5. The fourth-order valence-electron chi connectivity index (χ4n) is 15.9. The summed E-state index contributed by atoms with van der Waals surface area (Å²) in [6, 6.07) is 0. The summed E-state index contributed by atoms with van der Waals surface area (Å²) in [6.07, 6.45) is 37.3. The van der Waals surface area contributed by atoms with E-state index < -0.39 is 0 Å². The van der Waals surface area contributed by atoms with Crippen LogP contribution in [0.3, 0.4) is 0 Å². The van der Waals surface area contributed by atoms with E-state index in [-0.39, 0.29) is 29.6 Å². The molecular weight excluding hydrogens is 1480 g/mol. The van der Waals surface area contributed by atoms with E-state index in [1.54, 1.807) is 14.2 Å². The molecule has 0 radical (unpaired) electrons. The predicted molar refractivity (Wildman–Crippen MR) is 507 cm³/mol. The van der Waals surface area contributed by atoms with Crippen LogP contribution in [0.5, 0.6) is 0 Å². The Hall–Kier alpha value is 4.96. The molecule has 13 saturated heterocycles. The molecule has 0 aliphatic carbocycles. The average molecular weight is 1670 g/mol. The van der Waals surface area contributed by atoms with Crippen LogP contribution in [-0.4, -0.2) is 275 Å². The molecule has 0 aromatic rings. The molecule has 0 saturated carbocycles. The fourth-order valence-corrected chi connectivity index (χ4v) is 37.7. The van der Waals surface area contributed by atoms with Crippen LogP contribution in [0.4, 0.5) is 0 Å². The van der Waals surface area contributed by atoms with Gasteiger partial charge in [-0.1, -0.05) is 188 Å². The third-order valence-corrected chi connectivity index (χ3v) is 65.6. The van der Waals surface area contributed by atoms with Crippen molar-refractivity contribution in [2.24, 2.45) is 0 Å². The lowest BCUT2D eigenvalue weighted by atomic mass is 10.1. The van der Waals surface area contributed by atoms with Gasteiger partial charge in [0.15, 0.2) is 5.79 Å². The van der Waals surface area contributed by atoms with Gasteiger partial charge >= 0.3 is 0 Å². The van der Waals surface area contributed by atoms with Crippen molar-refractivity contribution in [1.82, 2.24) is 0 Å². The van der Waals surface area contributed by atoms with Crippen molar-refractivity contribution in [1.29, 1.82) is 0 Å². The molecule has 0 amide bonds. The second-order valence-electron chi connectivity index (χ2n) is 37.4. The monoisotopic (exact) mass is 1670 g/mol. The lowest BCUT2D eigenvalue weighted by Gasteiger charge is -2.42. The number of methoxy groups -OCH3 is 2. The van der Waals surface area contributed by atoms with Crippen molar-refractivity contribution >= 4 is 95.1 Å². The van der Waals surface area contributed by atoms with Crippen LogP contribution in [-0.2, 0) is 23.7 Å². The Labute approximate surface area is 663 Å². The van der Waals surface area contributed by atoms with Gasteiger partial charge in [0.2, 0.25) is 0 Å². The lowest BCUT2D eigenvalue weighted by molar-refractivity contribution is -0.147. The first-order chi connectivity index (χ1) is 47.7. The summed E-state index contributed by atoms with van der Waals surface area (Å²) < 4.78 is 28.1. The van der Waals surface area contributed by atoms with Crippen molar-refractivity contribution in [2.45, 2.75) is 405 Å². The van der Waals surface area contributed by atoms with Crippen molar-refractivity contribution in [3.8, 4) is 0 Å². The minimum atomic E-state index is -0.353. The molecule has 0 bridgehead atoms. The number of hydrogen-bond donors (Lipinski definition) is 0. The Morgan fingerprint density at radius 3 is 0.835 bits per heavy atom. The Balaban J connectivity index is 0.000000384. The van der Waals surface area contributed by atoms with E-state index in [9.17, 15) is 0 Å². The molecule has 0 aromatic heterocycles. The summed E-state index contributed by atoms with van der Waals surface area (Å²) >= 11 is 0. The van der Waals surface area contributed by atoms with Crippen LogP contribution in [0.15, 0.2) is 0 Å². The topological polar surface area (TPSA) is 46.2 Å². The van der Waals surface area contributed by atoms with Gasteiger partial charge in [-0.25, -0.2) is 0 Å². The minimum Gasteiger partial charge on any atom is -0.380 e. The van der Waals surface area contributed by atoms with Gasteiger partial charge in [0.25, 0.3) is 0 Å². The van der Waals surface area contributed by atoms with E-state index in [1.807, 2.05) is 13.8 Å². The maximum Gasteiger partial charge on any atom is 0.163 e. The third kappa shape index (κ3) is 36.0. The van der Waals surface area contributed by atoms with Crippen LogP contribution >= 0.6 is 95.1 Å². The van der Waals surface area contributed by atoms with Crippen LogP contribution in [0, 0.1) is 0 Å². The highest BCUT2D eigenvalue weighted by Crippen LogP contribution is 2.61. The smallest absolute Gasteiger partial charge is 0.163 e. The van der Waals surface area contributed by atoms with Crippen molar-refractivity contribution < 1.29 is 23.7 Å². The van der Waals surface area contributed by atoms with Gasteiger partial charge in [-0.3, -0.25) is 0 Å². The Morgan fingerprint density at radius 1 is 0.282 bits per heavy atom. The summed E-state index contributed by atoms with van der Waals surface area (Å²) in [6.45, 7) is 84.7. The third-order valence-electron chi connectivity index (χ3n) is 28.4. The molecule has 103 heavy (non-hydrogen) atoms. The molecule has 13 heterocycles. The highest BCUT2D eigenvalue weighted by atomic mass is 31.1. The van der Waals surface area contributed by atoms with E-state index in [4.69, 9.17) is 23.7 Å². The minimum absolute atomic E-state index is 0.0723. The van der Waals surface area contributed by atoms with Gasteiger partial charge < -0.3 is 23.7 Å². The molecule has 13 aliphatic heterocycles. The molecule has 0 spiro atoms. The summed E-state index contributed by atoms with van der Waals surface area (Å²) in [5.74, 6) is -0.353. The van der Waals surface area contributed by atoms with Crippen molar-refractivity contribution in [3.63, 3.8) is 0 Å². The number of hydrogen-bond acceptors (Lipinski definition) is 5. The highest BCUT2D eigenvalue weighted by Gasteiger charge is 2.54. The predicted octanol–water partition coefficient (Wildman–Crippen LogP) is 29.1. The first kappa shape index (κ1) is 104. The maximum absolute atomic E-state index is 5.92. The van der Waals surface area contributed by atoms with Crippen molar-refractivity contribution in [3.05, 3.63) is 0 Å². The molecule has 0 N–H and O–H groups in total. The van der Waals surface area contributed by atoms with Crippen LogP contribution in [0.25, 0.3) is 0 Å². The number of rotatable bonds is 2. The second-order valence-corrected chi connectivity index (χ2v) is 73.4. The zero-order chi connectivity index (χ0) is 78.8. The van der Waals surface area contributed by atoms with Gasteiger partial charge in [0.1, 0.15) is 0 Å². The van der Waals surface area contributed by atoms with Gasteiger partial charge in [-0.05, 0) is 305 Å². The lowest BCUT2D eigenvalue weighted by Crippen LogP contribution is -2.34. The van der Waals surface area contributed by atoms with Crippen LogP contribution < -0.4 is 0 Å². The second kappa shape index (κ2) is 51.3. The SMILES string of the molecule is COC1[C@H](OC)[C@H](C)P(C)[C@H]1C.CP1CCC1(C)C.CP1CCCC1(C)C.CP1CCCCC1(C)C.C[C@H]1CCCCP1C.C[C@H]1CCCP1C.C[C@H]1CCC[C@H](C)P1C.C[C@H]1CCP1C.C[C@H]1CC[C@H](C)P1C.C[C@H]1COC[C@H](C)P1C.C[C@H]1C[C@H](C)P1C.C[C@H]1[C@H]2OC(C)(C)O[C@@H]2[C@H](C)P1C. The summed E-state index contributed by atoms with van der Waals surface area (Å²) in [5, 5.41) is 2.16. The number of fused-ring (bicyclic) bond motifs is 1. The molecule has 8 unspecified atom stereocenters. The van der Waals surface area contributed by atoms with Crippen LogP contribution in [0.2, 0.25) is 0 Å². The van der Waals surface area contributed by atoms with Crippen LogP contribution in [0.1, 0.15) is 275 Å². The molecular formula is C86H182O5P12. The fraction of sp³-hybridized carbons (Fsp3) is 1.00. The van der Waals surface area contributed by atoms with Gasteiger partial charge in [0.05, 0.1) is 37.6 Å². The molecule has 13 fully saturated rings. The molecule has 26 atom stereocenters. The first-order valence-corrected chi connectivity index (χ1v) is 65.9. The van der Waals surface area contributed by atoms with E-state index in [1.165, 1.54) is 153 Å². The Kier molecular flexibility index (Phi) is 51.8. The van der Waals surface area contributed by atoms with E-state index >= 15 is 0 Å². The van der Waals surface area contributed by atoms with Gasteiger partial charge in [-0.15, -0.1) is 71.3 Å². The van der Waals surface area contributed by atoms with E-state index in [0.717, 1.165) is 85.8 Å². The largest absolute Gasteiger partial charge is 0.380 e. The molecule has 616 valence electrons. The Bertz CT molecular complexity index is 2070. The van der Waals surface area contributed by atoms with Crippen molar-refractivity contribution in [2.75, 3.05) is 144 Å². The summed E-state index contributed by atoms with van der Waals surface area (Å²) in [7, 11) is 7.89. The first-order valence-electron chi connectivity index (χ1n) is 42.3. The maximum atomic E-state index is 5.92. The zero-order valence-electron chi connectivity index (χ0n) is 75.8. The average Bonchev–Trinajstić information content (AvgIpc) is 1.61. The van der Waals surface area contributed by atoms with E-state index in [0.29, 0.717) is 124 Å². The molecule has 13 aliphatic rings. The molecule has 5 nitrogen and oxygen atoms in total. The summed E-state index contributed by atoms with van der Waals surface area (Å²) in [4.78, 5) is 0. The molecule has 0 aromatic carbocycles. The normalized spacial score (nSPS) is 42.2. The number of ether oxygens (including phenoxy) is 5. The summed E-state index contributed by atoms with van der Waals surface area (Å²) in [5.41, 5.74) is 14.0.